The van der Waals surface area contributed by atoms with Crippen LogP contribution in [0.3, 0.4) is 0 Å². The quantitative estimate of drug-likeness (QED) is 0.208. The zero-order valence-corrected chi connectivity index (χ0v) is 22.5. The molecule has 0 saturated heterocycles. The van der Waals surface area contributed by atoms with Crippen molar-refractivity contribution < 1.29 is 0 Å². The topological polar surface area (TPSA) is 38.0 Å². The average molecular weight is 535 g/mol. The first-order chi connectivity index (χ1) is 20.8. The summed E-state index contributed by atoms with van der Waals surface area (Å²) in [7, 11) is 0. The standard InChI is InChI=1S/C38H22N4/c1-40-32-23-25(24-39)22-31(38(32)42-36-20-10-4-14-28(36)29-15-5-11-21-37(29)42)30-16-6-9-19-35(30)41-33-17-7-2-12-26(33)27-13-3-8-18-34(27)41/h2-23H. The summed E-state index contributed by atoms with van der Waals surface area (Å²) < 4.78 is 4.49. The molecule has 0 spiro atoms. The molecule has 0 N–H and O–H groups in total. The molecule has 6 aromatic carbocycles. The molecule has 8 rings (SSSR count). The van der Waals surface area contributed by atoms with Crippen LogP contribution >= 0.6 is 0 Å². The van der Waals surface area contributed by atoms with Gasteiger partial charge in [-0.05, 0) is 48.0 Å². The molecule has 4 heteroatoms. The van der Waals surface area contributed by atoms with Crippen molar-refractivity contribution in [3.8, 4) is 28.6 Å². The Labute approximate surface area is 242 Å². The van der Waals surface area contributed by atoms with Crippen LogP contribution in [0.1, 0.15) is 5.56 Å². The molecule has 194 valence electrons. The molecular formula is C38H22N4. The largest absolute Gasteiger partial charge is 0.318 e. The number of fused-ring (bicyclic) bond motifs is 6. The summed E-state index contributed by atoms with van der Waals surface area (Å²) in [6.45, 7) is 8.24. The second kappa shape index (κ2) is 9.24. The van der Waals surface area contributed by atoms with Gasteiger partial charge in [-0.2, -0.15) is 5.26 Å². The van der Waals surface area contributed by atoms with Crippen LogP contribution < -0.4 is 0 Å². The van der Waals surface area contributed by atoms with Crippen molar-refractivity contribution in [2.24, 2.45) is 0 Å². The Morgan fingerprint density at radius 2 is 0.976 bits per heavy atom. The zero-order chi connectivity index (χ0) is 28.2. The van der Waals surface area contributed by atoms with E-state index < -0.39 is 0 Å². The van der Waals surface area contributed by atoms with Gasteiger partial charge in [0.25, 0.3) is 0 Å². The monoisotopic (exact) mass is 534 g/mol. The Morgan fingerprint density at radius 1 is 0.524 bits per heavy atom. The molecule has 0 radical (unpaired) electrons. The molecule has 0 saturated carbocycles. The third kappa shape index (κ3) is 3.33. The minimum absolute atomic E-state index is 0.438. The molecule has 42 heavy (non-hydrogen) atoms. The van der Waals surface area contributed by atoms with Crippen molar-refractivity contribution in [2.45, 2.75) is 0 Å². The normalized spacial score (nSPS) is 11.3. The molecule has 8 aromatic rings. The first-order valence-corrected chi connectivity index (χ1v) is 13.8. The predicted molar refractivity (Wildman–Crippen MR) is 172 cm³/mol. The molecule has 2 aromatic heterocycles. The summed E-state index contributed by atoms with van der Waals surface area (Å²) >= 11 is 0. The van der Waals surface area contributed by atoms with Gasteiger partial charge in [0.2, 0.25) is 5.69 Å². The Morgan fingerprint density at radius 3 is 1.48 bits per heavy atom. The summed E-state index contributed by atoms with van der Waals surface area (Å²) in [6, 6.07) is 47.8. The van der Waals surface area contributed by atoms with Crippen LogP contribution in [0.2, 0.25) is 0 Å². The fourth-order valence-electron chi connectivity index (χ4n) is 6.45. The van der Waals surface area contributed by atoms with Crippen LogP contribution in [0, 0.1) is 17.9 Å². The number of rotatable bonds is 3. The number of aromatic nitrogens is 2. The maximum Gasteiger partial charge on any atom is 0.212 e. The van der Waals surface area contributed by atoms with Gasteiger partial charge in [0.1, 0.15) is 0 Å². The fraction of sp³-hybridized carbons (Fsp3) is 0. The second-order valence-corrected chi connectivity index (χ2v) is 10.4. The molecular weight excluding hydrogens is 512 g/mol. The number of benzene rings is 6. The van der Waals surface area contributed by atoms with Crippen LogP contribution in [0.4, 0.5) is 5.69 Å². The lowest BCUT2D eigenvalue weighted by Gasteiger charge is -2.20. The smallest absolute Gasteiger partial charge is 0.212 e. The van der Waals surface area contributed by atoms with Crippen molar-refractivity contribution in [1.82, 2.24) is 9.13 Å². The van der Waals surface area contributed by atoms with E-state index in [0.717, 1.165) is 55.3 Å². The van der Waals surface area contributed by atoms with E-state index in [9.17, 15) is 5.26 Å². The van der Waals surface area contributed by atoms with Crippen molar-refractivity contribution in [3.05, 3.63) is 150 Å². The molecule has 0 aliphatic rings. The highest BCUT2D eigenvalue weighted by molar-refractivity contribution is 6.12. The van der Waals surface area contributed by atoms with Crippen LogP contribution in [-0.2, 0) is 0 Å². The van der Waals surface area contributed by atoms with Gasteiger partial charge < -0.3 is 9.13 Å². The minimum atomic E-state index is 0.438. The van der Waals surface area contributed by atoms with E-state index in [1.54, 1.807) is 6.07 Å². The first kappa shape index (κ1) is 23.8. The van der Waals surface area contributed by atoms with Crippen LogP contribution in [0.5, 0.6) is 0 Å². The maximum atomic E-state index is 10.1. The lowest BCUT2D eigenvalue weighted by Crippen LogP contribution is -2.02. The molecule has 2 heterocycles. The Balaban J connectivity index is 1.54. The van der Waals surface area contributed by atoms with Crippen LogP contribution in [0.25, 0.3) is 71.0 Å². The van der Waals surface area contributed by atoms with Gasteiger partial charge in [0, 0.05) is 32.7 Å². The number of nitriles is 1. The summed E-state index contributed by atoms with van der Waals surface area (Å²) in [5, 5.41) is 14.7. The van der Waals surface area contributed by atoms with E-state index in [0.29, 0.717) is 11.3 Å². The fourth-order valence-corrected chi connectivity index (χ4v) is 6.45. The second-order valence-electron chi connectivity index (χ2n) is 10.4. The summed E-state index contributed by atoms with van der Waals surface area (Å²) in [5.74, 6) is 0. The van der Waals surface area contributed by atoms with E-state index in [-0.39, 0.29) is 0 Å². The number of hydrogen-bond acceptors (Lipinski definition) is 1. The van der Waals surface area contributed by atoms with Crippen molar-refractivity contribution in [1.29, 1.82) is 5.26 Å². The van der Waals surface area contributed by atoms with Crippen molar-refractivity contribution in [3.63, 3.8) is 0 Å². The lowest BCUT2D eigenvalue weighted by atomic mass is 9.97. The average Bonchev–Trinajstić information content (AvgIpc) is 3.57. The van der Waals surface area contributed by atoms with Crippen LogP contribution in [-0.4, -0.2) is 9.13 Å². The lowest BCUT2D eigenvalue weighted by molar-refractivity contribution is 1.16. The molecule has 0 fully saturated rings. The Bertz CT molecular complexity index is 2340. The number of para-hydroxylation sites is 5. The van der Waals surface area contributed by atoms with Crippen molar-refractivity contribution in [2.75, 3.05) is 0 Å². The van der Waals surface area contributed by atoms with Crippen LogP contribution in [0.15, 0.2) is 133 Å². The highest BCUT2D eigenvalue weighted by Gasteiger charge is 2.23. The molecule has 0 bridgehead atoms. The van der Waals surface area contributed by atoms with E-state index in [2.05, 4.69) is 105 Å². The third-order valence-corrected chi connectivity index (χ3v) is 8.16. The number of hydrogen-bond donors (Lipinski definition) is 0. The van der Waals surface area contributed by atoms with E-state index >= 15 is 0 Å². The summed E-state index contributed by atoms with van der Waals surface area (Å²) in [5.41, 5.74) is 8.68. The molecule has 0 amide bonds. The van der Waals surface area contributed by atoms with Gasteiger partial charge in [0.15, 0.2) is 0 Å². The molecule has 0 atom stereocenters. The number of nitrogens with zero attached hydrogens (tertiary/aromatic N) is 4. The van der Waals surface area contributed by atoms with Gasteiger partial charge >= 0.3 is 0 Å². The third-order valence-electron chi connectivity index (χ3n) is 8.16. The minimum Gasteiger partial charge on any atom is -0.318 e. The zero-order valence-electron chi connectivity index (χ0n) is 22.5. The van der Waals surface area contributed by atoms with E-state index in [4.69, 9.17) is 6.57 Å². The summed E-state index contributed by atoms with van der Waals surface area (Å²) in [6.07, 6.45) is 0. The molecule has 0 aliphatic heterocycles. The van der Waals surface area contributed by atoms with E-state index in [1.165, 1.54) is 10.8 Å². The van der Waals surface area contributed by atoms with Crippen molar-refractivity contribution >= 4 is 49.3 Å². The predicted octanol–water partition coefficient (Wildman–Crippen LogP) is 9.97. The van der Waals surface area contributed by atoms with Gasteiger partial charge in [-0.3, -0.25) is 0 Å². The SMILES string of the molecule is [C-]#[N+]c1cc(C#N)cc(-c2ccccc2-n2c3ccccc3c3ccccc32)c1-n1c2ccccc2c2ccccc21. The Hall–Kier alpha value is -6.10. The molecule has 4 nitrogen and oxygen atoms in total. The maximum absolute atomic E-state index is 10.1. The summed E-state index contributed by atoms with van der Waals surface area (Å²) in [4.78, 5) is 4.00. The van der Waals surface area contributed by atoms with Gasteiger partial charge in [-0.1, -0.05) is 91.0 Å². The molecule has 0 unspecified atom stereocenters. The van der Waals surface area contributed by atoms with E-state index in [1.807, 2.05) is 42.5 Å². The van der Waals surface area contributed by atoms with Gasteiger partial charge in [-0.25, -0.2) is 4.85 Å². The van der Waals surface area contributed by atoms with Gasteiger partial charge in [-0.15, -0.1) is 0 Å². The Kier molecular flexibility index (Phi) is 5.22. The van der Waals surface area contributed by atoms with Gasteiger partial charge in [0.05, 0.1) is 46.1 Å². The first-order valence-electron chi connectivity index (χ1n) is 13.8. The molecule has 0 aliphatic carbocycles. The highest BCUT2D eigenvalue weighted by atomic mass is 15.0. The highest BCUT2D eigenvalue weighted by Crippen LogP contribution is 2.44.